The van der Waals surface area contributed by atoms with Crippen LogP contribution >= 0.6 is 10.7 Å². The van der Waals surface area contributed by atoms with Gasteiger partial charge in [-0.3, -0.25) is 10.6 Å². The molecule has 11 nitrogen and oxygen atoms in total. The number of carbonyl (C=O) groups excluding carboxylic acids is 2. The maximum atomic E-state index is 12.0. The number of nitrogens with zero attached hydrogens (tertiary/aromatic N) is 3. The van der Waals surface area contributed by atoms with E-state index in [0.29, 0.717) is 0 Å². The number of aliphatic imine (C=N–C) groups is 1. The third kappa shape index (κ3) is 9.13. The summed E-state index contributed by atoms with van der Waals surface area (Å²) in [5.74, 6) is -0.0366. The van der Waals surface area contributed by atoms with Crippen LogP contribution in [0.1, 0.15) is 47.4 Å². The van der Waals surface area contributed by atoms with Crippen LogP contribution in [0.4, 0.5) is 9.59 Å². The van der Waals surface area contributed by atoms with Crippen LogP contribution in [-0.4, -0.2) is 47.3 Å². The Kier molecular flexibility index (Phi) is 7.66. The van der Waals surface area contributed by atoms with E-state index in [1.807, 2.05) is 0 Å². The van der Waals surface area contributed by atoms with Gasteiger partial charge in [0.1, 0.15) is 23.6 Å². The van der Waals surface area contributed by atoms with E-state index in [-0.39, 0.29) is 23.4 Å². The summed E-state index contributed by atoms with van der Waals surface area (Å²) < 4.78 is 34.5. The number of ether oxygens (including phenoxy) is 2. The molecule has 164 valence electrons. The molecule has 1 rings (SSSR count). The van der Waals surface area contributed by atoms with Crippen molar-refractivity contribution in [1.29, 1.82) is 0 Å². The Bertz CT molecular complexity index is 864. The van der Waals surface area contributed by atoms with Crippen molar-refractivity contribution in [3.63, 3.8) is 0 Å². The van der Waals surface area contributed by atoms with E-state index < -0.39 is 32.4 Å². The number of guanidine groups is 1. The normalized spacial score (nSPS) is 12.1. The Hall–Kier alpha value is -2.34. The maximum absolute atomic E-state index is 12.0. The number of nitrogens with one attached hydrogen (secondary N) is 2. The zero-order valence-electron chi connectivity index (χ0n) is 17.4. The zero-order chi connectivity index (χ0) is 22.6. The molecular weight excluding hydrogens is 426 g/mol. The van der Waals surface area contributed by atoms with Gasteiger partial charge in [0.25, 0.3) is 9.05 Å². The number of imidazole rings is 1. The molecule has 0 saturated carbocycles. The van der Waals surface area contributed by atoms with E-state index in [0.717, 1.165) is 6.20 Å². The summed E-state index contributed by atoms with van der Waals surface area (Å²) in [6.07, 6.45) is -0.623. The average molecular weight is 452 g/mol. The molecule has 0 aliphatic carbocycles. The van der Waals surface area contributed by atoms with Gasteiger partial charge in [-0.05, 0) is 41.5 Å². The van der Waals surface area contributed by atoms with E-state index in [4.69, 9.17) is 20.2 Å². The highest BCUT2D eigenvalue weighted by Gasteiger charge is 2.22. The van der Waals surface area contributed by atoms with Gasteiger partial charge < -0.3 is 14.0 Å². The molecule has 1 heterocycles. The monoisotopic (exact) mass is 451 g/mol. The highest BCUT2D eigenvalue weighted by atomic mass is 35.7. The van der Waals surface area contributed by atoms with Crippen molar-refractivity contribution in [2.45, 2.75) is 64.3 Å². The average Bonchev–Trinajstić information content (AvgIpc) is 2.81. The van der Waals surface area contributed by atoms with Crippen LogP contribution in [0.3, 0.4) is 0 Å². The van der Waals surface area contributed by atoms with E-state index in [1.54, 1.807) is 41.5 Å². The SMILES string of the molecule is Cn1c(S(=O)(=O)Cl)cnc1CN=C(NC(=O)OC(C)(C)C)NC(=O)OC(C)(C)C. The molecule has 0 atom stereocenters. The summed E-state index contributed by atoms with van der Waals surface area (Å²) in [6, 6.07) is 0. The molecule has 2 amide bonds. The predicted octanol–water partition coefficient (Wildman–Crippen LogP) is 2.25. The summed E-state index contributed by atoms with van der Waals surface area (Å²) in [5.41, 5.74) is -1.55. The third-order valence-corrected chi connectivity index (χ3v) is 4.26. The van der Waals surface area contributed by atoms with Crippen LogP contribution in [-0.2, 0) is 32.1 Å². The minimum Gasteiger partial charge on any atom is -0.444 e. The lowest BCUT2D eigenvalue weighted by atomic mass is 10.2. The molecule has 0 fully saturated rings. The number of halogens is 1. The third-order valence-electron chi connectivity index (χ3n) is 2.91. The Morgan fingerprint density at radius 1 is 1.10 bits per heavy atom. The summed E-state index contributed by atoms with van der Waals surface area (Å²) >= 11 is 0. The van der Waals surface area contributed by atoms with Crippen molar-refractivity contribution in [3.8, 4) is 0 Å². The first kappa shape index (κ1) is 24.7. The quantitative estimate of drug-likeness (QED) is 0.407. The van der Waals surface area contributed by atoms with Crippen molar-refractivity contribution in [2.75, 3.05) is 0 Å². The van der Waals surface area contributed by atoms with Gasteiger partial charge in [0.15, 0.2) is 5.03 Å². The van der Waals surface area contributed by atoms with Crippen LogP contribution in [0.25, 0.3) is 0 Å². The second-order valence-electron chi connectivity index (χ2n) is 7.93. The van der Waals surface area contributed by atoms with Crippen molar-refractivity contribution < 1.29 is 27.5 Å². The molecule has 0 radical (unpaired) electrons. The standard InChI is InChI=1S/C16H26ClN5O6S/c1-15(2,3)27-13(23)20-12(21-14(24)28-16(4,5)6)19-8-10-18-9-11(22(10)7)29(17,25)26/h9H,8H2,1-7H3,(H2,19,20,21,23,24). The van der Waals surface area contributed by atoms with Crippen molar-refractivity contribution in [2.24, 2.45) is 12.0 Å². The van der Waals surface area contributed by atoms with E-state index in [2.05, 4.69) is 20.6 Å². The van der Waals surface area contributed by atoms with Gasteiger partial charge in [0, 0.05) is 17.7 Å². The topological polar surface area (TPSA) is 141 Å². The Labute approximate surface area is 174 Å². The smallest absolute Gasteiger partial charge is 0.414 e. The highest BCUT2D eigenvalue weighted by Crippen LogP contribution is 2.15. The largest absolute Gasteiger partial charge is 0.444 e. The molecule has 29 heavy (non-hydrogen) atoms. The summed E-state index contributed by atoms with van der Waals surface area (Å²) in [6.45, 7) is 9.86. The molecule has 0 unspecified atom stereocenters. The fourth-order valence-corrected chi connectivity index (χ4v) is 2.91. The first-order chi connectivity index (χ1) is 13.0. The number of amides is 2. The zero-order valence-corrected chi connectivity index (χ0v) is 18.9. The van der Waals surface area contributed by atoms with Crippen LogP contribution in [0.2, 0.25) is 0 Å². The molecule has 0 spiro atoms. The number of carbonyl (C=O) groups is 2. The van der Waals surface area contributed by atoms with E-state index in [1.165, 1.54) is 11.6 Å². The Morgan fingerprint density at radius 2 is 1.55 bits per heavy atom. The van der Waals surface area contributed by atoms with Crippen LogP contribution in [0.5, 0.6) is 0 Å². The summed E-state index contributed by atoms with van der Waals surface area (Å²) in [4.78, 5) is 32.0. The van der Waals surface area contributed by atoms with Crippen LogP contribution < -0.4 is 10.6 Å². The minimum atomic E-state index is -3.99. The number of alkyl carbamates (subject to hydrolysis) is 2. The van der Waals surface area contributed by atoms with Gasteiger partial charge >= 0.3 is 12.2 Å². The summed E-state index contributed by atoms with van der Waals surface area (Å²) in [7, 11) is 2.78. The molecule has 0 aliphatic rings. The van der Waals surface area contributed by atoms with Gasteiger partial charge in [-0.15, -0.1) is 0 Å². The number of rotatable bonds is 3. The molecule has 2 N–H and O–H groups in total. The molecule has 1 aromatic heterocycles. The van der Waals surface area contributed by atoms with E-state index >= 15 is 0 Å². The Morgan fingerprint density at radius 3 is 1.90 bits per heavy atom. The lowest BCUT2D eigenvalue weighted by Gasteiger charge is -2.22. The van der Waals surface area contributed by atoms with Crippen molar-refractivity contribution >= 4 is 37.9 Å². The fraction of sp³-hybridized carbons (Fsp3) is 0.625. The van der Waals surface area contributed by atoms with Crippen LogP contribution in [0.15, 0.2) is 16.2 Å². The van der Waals surface area contributed by atoms with E-state index in [9.17, 15) is 18.0 Å². The van der Waals surface area contributed by atoms with Gasteiger partial charge in [-0.1, -0.05) is 0 Å². The molecule has 0 saturated heterocycles. The van der Waals surface area contributed by atoms with Gasteiger partial charge in [0.05, 0.1) is 6.20 Å². The maximum Gasteiger partial charge on any atom is 0.414 e. The second kappa shape index (κ2) is 8.99. The fourth-order valence-electron chi connectivity index (χ4n) is 1.86. The number of hydrogen-bond donors (Lipinski definition) is 2. The van der Waals surface area contributed by atoms with Gasteiger partial charge in [-0.2, -0.15) is 0 Å². The molecular formula is C16H26ClN5O6S. The van der Waals surface area contributed by atoms with Gasteiger partial charge in [0.2, 0.25) is 5.96 Å². The molecule has 0 aromatic carbocycles. The van der Waals surface area contributed by atoms with Crippen LogP contribution in [0, 0.1) is 0 Å². The molecule has 13 heteroatoms. The predicted molar refractivity (Wildman–Crippen MR) is 106 cm³/mol. The Balaban J connectivity index is 3.05. The second-order valence-corrected chi connectivity index (χ2v) is 10.4. The molecule has 1 aromatic rings. The van der Waals surface area contributed by atoms with Crippen molar-refractivity contribution in [1.82, 2.24) is 20.2 Å². The number of aromatic nitrogens is 2. The lowest BCUT2D eigenvalue weighted by Crippen LogP contribution is -2.47. The first-order valence-electron chi connectivity index (χ1n) is 8.47. The first-order valence-corrected chi connectivity index (χ1v) is 10.8. The lowest BCUT2D eigenvalue weighted by molar-refractivity contribution is 0.0545. The molecule has 0 aliphatic heterocycles. The van der Waals surface area contributed by atoms with Gasteiger partial charge in [-0.25, -0.2) is 28.0 Å². The molecule has 0 bridgehead atoms. The summed E-state index contributed by atoms with van der Waals surface area (Å²) in [5, 5.41) is 4.41. The minimum absolute atomic E-state index is 0.177. The number of hydrogen-bond acceptors (Lipinski definition) is 8. The highest BCUT2D eigenvalue weighted by molar-refractivity contribution is 8.13. The van der Waals surface area contributed by atoms with Crippen molar-refractivity contribution in [3.05, 3.63) is 12.0 Å².